The molecule has 0 fully saturated rings. The zero-order chi connectivity index (χ0) is 35.4. The quantitative estimate of drug-likeness (QED) is 0.0287. The van der Waals surface area contributed by atoms with Crippen LogP contribution in [0.3, 0.4) is 0 Å². The van der Waals surface area contributed by atoms with Crippen LogP contribution >= 0.6 is 7.82 Å². The molecular weight excluding hydrogens is 627 g/mol. The summed E-state index contributed by atoms with van der Waals surface area (Å²) in [6.45, 7) is 3.65. The van der Waals surface area contributed by atoms with E-state index in [0.717, 1.165) is 51.4 Å². The maximum Gasteiger partial charge on any atom is 0.469 e. The molecule has 0 radical (unpaired) electrons. The van der Waals surface area contributed by atoms with Crippen molar-refractivity contribution in [1.82, 2.24) is 0 Å². The van der Waals surface area contributed by atoms with Crippen LogP contribution < -0.4 is 0 Å². The van der Waals surface area contributed by atoms with Crippen LogP contribution in [0.15, 0.2) is 24.3 Å². The van der Waals surface area contributed by atoms with Crippen LogP contribution in [0.5, 0.6) is 0 Å². The molecule has 0 aliphatic carbocycles. The number of carbonyl (C=O) groups excluding carboxylic acids is 2. The van der Waals surface area contributed by atoms with E-state index in [1.165, 1.54) is 109 Å². The molecule has 48 heavy (non-hydrogen) atoms. The first-order valence-electron chi connectivity index (χ1n) is 19.6. The maximum absolute atomic E-state index is 12.4. The van der Waals surface area contributed by atoms with Crippen LogP contribution in [0, 0.1) is 0 Å². The second kappa shape index (κ2) is 35.4. The highest BCUT2D eigenvalue weighted by Crippen LogP contribution is 2.36. The number of carbonyl (C=O) groups is 2. The third-order valence-corrected chi connectivity index (χ3v) is 8.96. The molecule has 0 spiro atoms. The minimum atomic E-state index is -4.75. The van der Waals surface area contributed by atoms with Gasteiger partial charge in [-0.1, -0.05) is 160 Å². The topological polar surface area (TPSA) is 119 Å². The predicted octanol–water partition coefficient (Wildman–Crippen LogP) is 11.6. The molecule has 0 aromatic rings. The summed E-state index contributed by atoms with van der Waals surface area (Å²) in [6.07, 6.45) is 38.9. The van der Waals surface area contributed by atoms with E-state index in [0.29, 0.717) is 6.42 Å². The molecule has 0 saturated carbocycles. The average Bonchev–Trinajstić information content (AvgIpc) is 3.05. The molecule has 0 saturated heterocycles. The molecular formula is C39H73O8P. The van der Waals surface area contributed by atoms with E-state index in [1.807, 2.05) is 0 Å². The standard InChI is InChI=1S/C39H73O8P/c1-3-5-7-9-11-13-15-17-18-19-20-22-24-26-28-30-32-34-39(41)47-37(36-46-48(42,43)44)35-45-38(40)33-31-29-27-25-23-21-16-14-12-10-8-6-4-2/h11,13,17-18,37H,3-10,12,14-16,19-36H2,1-2H3,(H2,42,43,44)/b13-11+,18-17+/t37-/m1/s1. The first-order valence-corrected chi connectivity index (χ1v) is 21.2. The zero-order valence-corrected chi connectivity index (χ0v) is 31.8. The second-order valence-electron chi connectivity index (χ2n) is 13.3. The van der Waals surface area contributed by atoms with Crippen molar-refractivity contribution in [2.24, 2.45) is 0 Å². The van der Waals surface area contributed by atoms with Gasteiger partial charge in [-0.25, -0.2) is 4.57 Å². The van der Waals surface area contributed by atoms with Gasteiger partial charge in [0.25, 0.3) is 0 Å². The second-order valence-corrected chi connectivity index (χ2v) is 14.5. The number of hydrogen-bond donors (Lipinski definition) is 2. The van der Waals surface area contributed by atoms with E-state index in [-0.39, 0.29) is 19.4 Å². The molecule has 0 aliphatic rings. The highest BCUT2D eigenvalue weighted by atomic mass is 31.2. The predicted molar refractivity (Wildman–Crippen MR) is 198 cm³/mol. The fourth-order valence-electron chi connectivity index (χ4n) is 5.52. The van der Waals surface area contributed by atoms with Gasteiger partial charge in [0.05, 0.1) is 6.61 Å². The summed E-state index contributed by atoms with van der Waals surface area (Å²) in [5.74, 6) is -0.888. The van der Waals surface area contributed by atoms with Gasteiger partial charge in [-0.05, 0) is 44.9 Å². The molecule has 0 aliphatic heterocycles. The molecule has 0 aromatic carbocycles. The number of esters is 2. The van der Waals surface area contributed by atoms with Crippen LogP contribution in [0.25, 0.3) is 0 Å². The number of hydrogen-bond acceptors (Lipinski definition) is 6. The minimum Gasteiger partial charge on any atom is -0.462 e. The van der Waals surface area contributed by atoms with Crippen molar-refractivity contribution in [2.45, 2.75) is 200 Å². The van der Waals surface area contributed by atoms with Crippen molar-refractivity contribution < 1.29 is 37.9 Å². The Labute approximate surface area is 294 Å². The first-order chi connectivity index (χ1) is 23.3. The van der Waals surface area contributed by atoms with Gasteiger partial charge >= 0.3 is 19.8 Å². The highest BCUT2D eigenvalue weighted by molar-refractivity contribution is 7.46. The van der Waals surface area contributed by atoms with Crippen LogP contribution in [0.2, 0.25) is 0 Å². The lowest BCUT2D eigenvalue weighted by Gasteiger charge is -2.18. The van der Waals surface area contributed by atoms with Crippen molar-refractivity contribution in [1.29, 1.82) is 0 Å². The minimum absolute atomic E-state index is 0.206. The Morgan fingerprint density at radius 1 is 0.542 bits per heavy atom. The number of allylic oxidation sites excluding steroid dienone is 4. The van der Waals surface area contributed by atoms with E-state index in [9.17, 15) is 14.2 Å². The van der Waals surface area contributed by atoms with Crippen LogP contribution in [-0.2, 0) is 28.2 Å². The van der Waals surface area contributed by atoms with Crippen LogP contribution in [-0.4, -0.2) is 41.0 Å². The summed E-state index contributed by atoms with van der Waals surface area (Å²) in [6, 6.07) is 0. The largest absolute Gasteiger partial charge is 0.469 e. The molecule has 2 N–H and O–H groups in total. The number of phosphoric acid groups is 1. The number of phosphoric ester groups is 1. The lowest BCUT2D eigenvalue weighted by Crippen LogP contribution is -2.29. The smallest absolute Gasteiger partial charge is 0.462 e. The number of ether oxygens (including phenoxy) is 2. The van der Waals surface area contributed by atoms with E-state index in [1.54, 1.807) is 0 Å². The van der Waals surface area contributed by atoms with Crippen LogP contribution in [0.4, 0.5) is 0 Å². The Morgan fingerprint density at radius 3 is 1.42 bits per heavy atom. The summed E-state index contributed by atoms with van der Waals surface area (Å²) in [5, 5.41) is 0. The first kappa shape index (κ1) is 46.5. The summed E-state index contributed by atoms with van der Waals surface area (Å²) in [4.78, 5) is 42.7. The Kier molecular flexibility index (Phi) is 34.3. The average molecular weight is 701 g/mol. The van der Waals surface area contributed by atoms with Gasteiger partial charge in [0.1, 0.15) is 6.61 Å². The Hall–Kier alpha value is -1.47. The van der Waals surface area contributed by atoms with Crippen molar-refractivity contribution in [3.05, 3.63) is 24.3 Å². The van der Waals surface area contributed by atoms with E-state index < -0.39 is 32.5 Å². The Balaban J connectivity index is 3.94. The Morgan fingerprint density at radius 2 is 0.938 bits per heavy atom. The fraction of sp³-hybridized carbons (Fsp3) is 0.846. The zero-order valence-electron chi connectivity index (χ0n) is 30.9. The van der Waals surface area contributed by atoms with Crippen molar-refractivity contribution in [3.8, 4) is 0 Å². The lowest BCUT2D eigenvalue weighted by atomic mass is 10.0. The third-order valence-electron chi connectivity index (χ3n) is 8.47. The SMILES string of the molecule is CCCCC/C=C/C/C=C/CCCCCCCCCC(=O)O[C@H](COC(=O)CCCCCCCCCCCCCCC)COP(=O)(O)O. The Bertz CT molecular complexity index is 838. The summed E-state index contributed by atoms with van der Waals surface area (Å²) in [5.41, 5.74) is 0. The van der Waals surface area contributed by atoms with Gasteiger partial charge in [0, 0.05) is 12.8 Å². The van der Waals surface area contributed by atoms with Gasteiger partial charge in [-0.15, -0.1) is 0 Å². The molecule has 1 atom stereocenters. The fourth-order valence-corrected chi connectivity index (χ4v) is 5.88. The maximum atomic E-state index is 12.4. The molecule has 0 aromatic heterocycles. The normalized spacial score (nSPS) is 12.7. The molecule has 0 rings (SSSR count). The molecule has 0 heterocycles. The number of rotatable bonds is 36. The summed E-state index contributed by atoms with van der Waals surface area (Å²) < 4.78 is 26.3. The van der Waals surface area contributed by atoms with E-state index in [4.69, 9.17) is 19.3 Å². The lowest BCUT2D eigenvalue weighted by molar-refractivity contribution is -0.161. The van der Waals surface area contributed by atoms with Gasteiger partial charge in [-0.3, -0.25) is 14.1 Å². The number of unbranched alkanes of at least 4 members (excludes halogenated alkanes) is 22. The van der Waals surface area contributed by atoms with E-state index in [2.05, 4.69) is 42.7 Å². The van der Waals surface area contributed by atoms with Gasteiger partial charge in [0.2, 0.25) is 0 Å². The van der Waals surface area contributed by atoms with Crippen molar-refractivity contribution in [3.63, 3.8) is 0 Å². The molecule has 0 bridgehead atoms. The highest BCUT2D eigenvalue weighted by Gasteiger charge is 2.22. The molecule has 9 heteroatoms. The summed E-state index contributed by atoms with van der Waals surface area (Å²) >= 11 is 0. The van der Waals surface area contributed by atoms with Crippen LogP contribution in [0.1, 0.15) is 194 Å². The molecule has 0 unspecified atom stereocenters. The van der Waals surface area contributed by atoms with Crippen molar-refractivity contribution in [2.75, 3.05) is 13.2 Å². The molecule has 0 amide bonds. The van der Waals surface area contributed by atoms with Gasteiger partial charge in [-0.2, -0.15) is 0 Å². The van der Waals surface area contributed by atoms with Crippen molar-refractivity contribution >= 4 is 19.8 Å². The van der Waals surface area contributed by atoms with E-state index >= 15 is 0 Å². The molecule has 282 valence electrons. The molecule has 8 nitrogen and oxygen atoms in total. The monoisotopic (exact) mass is 701 g/mol. The third kappa shape index (κ3) is 37.4. The summed E-state index contributed by atoms with van der Waals surface area (Å²) in [7, 11) is -4.75. The van der Waals surface area contributed by atoms with Gasteiger partial charge in [0.15, 0.2) is 6.10 Å². The van der Waals surface area contributed by atoms with Gasteiger partial charge < -0.3 is 19.3 Å².